The van der Waals surface area contributed by atoms with Crippen LogP contribution in [0.1, 0.15) is 37.4 Å². The average Bonchev–Trinajstić information content (AvgIpc) is 2.85. The predicted molar refractivity (Wildman–Crippen MR) is 81.4 cm³/mol. The zero-order valence-electron chi connectivity index (χ0n) is 11.6. The van der Waals surface area contributed by atoms with Crippen molar-refractivity contribution in [3.05, 3.63) is 58.9 Å². The van der Waals surface area contributed by atoms with E-state index in [1.165, 1.54) is 5.56 Å². The molecule has 0 bridgehead atoms. The van der Waals surface area contributed by atoms with Crippen LogP contribution in [0.2, 0.25) is 5.02 Å². The first-order valence-corrected chi connectivity index (χ1v) is 7.21. The number of benzene rings is 1. The largest absolute Gasteiger partial charge is 0.354 e. The Morgan fingerprint density at radius 3 is 2.79 bits per heavy atom. The average molecular weight is 277 g/mol. The Morgan fingerprint density at radius 1 is 1.26 bits per heavy atom. The second kappa shape index (κ2) is 6.78. The Bertz CT molecular complexity index is 519. The number of halogens is 1. The van der Waals surface area contributed by atoms with E-state index >= 15 is 0 Å². The molecule has 0 radical (unpaired) electrons. The lowest BCUT2D eigenvalue weighted by Crippen LogP contribution is -2.18. The monoisotopic (exact) mass is 276 g/mol. The van der Waals surface area contributed by atoms with Gasteiger partial charge in [-0.1, -0.05) is 36.7 Å². The Kier molecular flexibility index (Phi) is 5.06. The second-order valence-corrected chi connectivity index (χ2v) is 5.29. The lowest BCUT2D eigenvalue weighted by molar-refractivity contribution is 0.573. The van der Waals surface area contributed by atoms with E-state index in [0.717, 1.165) is 30.1 Å². The summed E-state index contributed by atoms with van der Waals surface area (Å²) in [5, 5.41) is 4.34. The third kappa shape index (κ3) is 3.85. The molecule has 0 aliphatic heterocycles. The van der Waals surface area contributed by atoms with Gasteiger partial charge in [0, 0.05) is 36.5 Å². The highest BCUT2D eigenvalue weighted by Crippen LogP contribution is 2.22. The quantitative estimate of drug-likeness (QED) is 0.827. The molecule has 1 heterocycles. The van der Waals surface area contributed by atoms with Gasteiger partial charge in [0.1, 0.15) is 0 Å². The van der Waals surface area contributed by atoms with Crippen molar-refractivity contribution in [2.24, 2.45) is 0 Å². The minimum absolute atomic E-state index is 0.253. The molecule has 102 valence electrons. The van der Waals surface area contributed by atoms with E-state index in [9.17, 15) is 0 Å². The second-order valence-electron chi connectivity index (χ2n) is 4.88. The van der Waals surface area contributed by atoms with Crippen molar-refractivity contribution in [1.82, 2.24) is 9.88 Å². The number of aryl methyl sites for hydroxylation is 1. The minimum Gasteiger partial charge on any atom is -0.354 e. The molecular formula is C16H21ClN2. The third-order valence-electron chi connectivity index (χ3n) is 3.28. The first kappa shape index (κ1) is 14.2. The zero-order chi connectivity index (χ0) is 13.7. The molecule has 0 saturated heterocycles. The summed E-state index contributed by atoms with van der Waals surface area (Å²) in [7, 11) is 0. The first-order valence-electron chi connectivity index (χ1n) is 6.83. The number of hydrogen-bond acceptors (Lipinski definition) is 1. The fourth-order valence-electron chi connectivity index (χ4n) is 2.20. The molecule has 0 amide bonds. The van der Waals surface area contributed by atoms with E-state index in [0.29, 0.717) is 0 Å². The van der Waals surface area contributed by atoms with Gasteiger partial charge in [0.05, 0.1) is 0 Å². The Morgan fingerprint density at radius 2 is 2.05 bits per heavy atom. The van der Waals surface area contributed by atoms with Crippen LogP contribution in [0.3, 0.4) is 0 Å². The highest BCUT2D eigenvalue weighted by Gasteiger charge is 2.08. The van der Waals surface area contributed by atoms with Gasteiger partial charge in [0.2, 0.25) is 0 Å². The van der Waals surface area contributed by atoms with E-state index < -0.39 is 0 Å². The molecule has 0 saturated carbocycles. The Labute approximate surface area is 120 Å². The molecule has 2 nitrogen and oxygen atoms in total. The van der Waals surface area contributed by atoms with E-state index in [1.807, 2.05) is 18.2 Å². The van der Waals surface area contributed by atoms with Gasteiger partial charge >= 0.3 is 0 Å². The van der Waals surface area contributed by atoms with Crippen LogP contribution in [-0.2, 0) is 13.1 Å². The number of hydrogen-bond donors (Lipinski definition) is 1. The molecule has 1 aromatic carbocycles. The summed E-state index contributed by atoms with van der Waals surface area (Å²) in [6.07, 6.45) is 5.51. The van der Waals surface area contributed by atoms with Crippen LogP contribution < -0.4 is 5.32 Å². The smallest absolute Gasteiger partial charge is 0.0453 e. The van der Waals surface area contributed by atoms with E-state index in [4.69, 9.17) is 11.6 Å². The molecule has 0 unspecified atom stereocenters. The maximum Gasteiger partial charge on any atom is 0.0453 e. The molecule has 0 fully saturated rings. The molecule has 2 rings (SSSR count). The van der Waals surface area contributed by atoms with Gasteiger partial charge in [-0.25, -0.2) is 0 Å². The van der Waals surface area contributed by atoms with Gasteiger partial charge in [-0.05, 0) is 36.6 Å². The number of nitrogens with zero attached hydrogens (tertiary/aromatic N) is 1. The van der Waals surface area contributed by atoms with Crippen LogP contribution in [0.15, 0.2) is 42.7 Å². The van der Waals surface area contributed by atoms with Crippen molar-refractivity contribution < 1.29 is 0 Å². The van der Waals surface area contributed by atoms with Crippen LogP contribution >= 0.6 is 11.6 Å². The molecule has 3 heteroatoms. The molecular weight excluding hydrogens is 256 g/mol. The molecule has 2 aromatic rings. The minimum atomic E-state index is 0.253. The van der Waals surface area contributed by atoms with Gasteiger partial charge in [-0.2, -0.15) is 0 Å². The third-order valence-corrected chi connectivity index (χ3v) is 3.62. The summed E-state index contributed by atoms with van der Waals surface area (Å²) < 4.78 is 2.23. The summed E-state index contributed by atoms with van der Waals surface area (Å²) in [4.78, 5) is 0. The van der Waals surface area contributed by atoms with Crippen molar-refractivity contribution in [2.75, 3.05) is 0 Å². The summed E-state index contributed by atoms with van der Waals surface area (Å²) in [5.74, 6) is 0. The number of aromatic nitrogens is 1. The van der Waals surface area contributed by atoms with Crippen LogP contribution in [0.4, 0.5) is 0 Å². The topological polar surface area (TPSA) is 17.0 Å². The van der Waals surface area contributed by atoms with Gasteiger partial charge in [-0.15, -0.1) is 0 Å². The Hall–Kier alpha value is -1.25. The summed E-state index contributed by atoms with van der Waals surface area (Å²) in [6.45, 7) is 6.28. The van der Waals surface area contributed by atoms with Crippen LogP contribution in [0.5, 0.6) is 0 Å². The van der Waals surface area contributed by atoms with Crippen LogP contribution in [0.25, 0.3) is 0 Å². The van der Waals surface area contributed by atoms with Crippen molar-refractivity contribution in [1.29, 1.82) is 0 Å². The highest BCUT2D eigenvalue weighted by molar-refractivity contribution is 6.31. The molecule has 0 aliphatic carbocycles. The first-order chi connectivity index (χ1) is 9.20. The molecule has 1 aromatic heterocycles. The molecule has 1 atom stereocenters. The van der Waals surface area contributed by atoms with Crippen molar-refractivity contribution in [3.8, 4) is 0 Å². The van der Waals surface area contributed by atoms with Crippen molar-refractivity contribution >= 4 is 11.6 Å². The van der Waals surface area contributed by atoms with Gasteiger partial charge in [-0.3, -0.25) is 0 Å². The van der Waals surface area contributed by atoms with Crippen molar-refractivity contribution in [3.63, 3.8) is 0 Å². The number of nitrogens with one attached hydrogen (secondary N) is 1. The summed E-state index contributed by atoms with van der Waals surface area (Å²) >= 11 is 6.20. The zero-order valence-corrected chi connectivity index (χ0v) is 12.3. The summed E-state index contributed by atoms with van der Waals surface area (Å²) in [6, 6.07) is 10.4. The fraction of sp³-hybridized carbons (Fsp3) is 0.375. The molecule has 0 spiro atoms. The lowest BCUT2D eigenvalue weighted by Gasteiger charge is -2.15. The van der Waals surface area contributed by atoms with E-state index in [1.54, 1.807) is 0 Å². The van der Waals surface area contributed by atoms with Gasteiger partial charge < -0.3 is 9.88 Å². The maximum atomic E-state index is 6.20. The molecule has 1 N–H and O–H groups in total. The van der Waals surface area contributed by atoms with E-state index in [2.05, 4.69) is 48.3 Å². The standard InChI is InChI=1S/C16H21ClN2/c1-3-9-19-10-8-14(12-19)11-18-13(2)15-6-4-5-7-16(15)17/h4-8,10,12-13,18H,3,9,11H2,1-2H3/t13-/m1/s1. The summed E-state index contributed by atoms with van der Waals surface area (Å²) in [5.41, 5.74) is 2.46. The van der Waals surface area contributed by atoms with E-state index in [-0.39, 0.29) is 6.04 Å². The molecule has 0 aliphatic rings. The van der Waals surface area contributed by atoms with Gasteiger partial charge in [0.25, 0.3) is 0 Å². The number of rotatable bonds is 6. The fourth-order valence-corrected chi connectivity index (χ4v) is 2.50. The van der Waals surface area contributed by atoms with Crippen LogP contribution in [-0.4, -0.2) is 4.57 Å². The van der Waals surface area contributed by atoms with Crippen molar-refractivity contribution in [2.45, 2.75) is 39.4 Å². The maximum absolute atomic E-state index is 6.20. The van der Waals surface area contributed by atoms with Gasteiger partial charge in [0.15, 0.2) is 0 Å². The normalized spacial score (nSPS) is 12.6. The van der Waals surface area contributed by atoms with Crippen LogP contribution in [0, 0.1) is 0 Å². The lowest BCUT2D eigenvalue weighted by atomic mass is 10.1. The SMILES string of the molecule is CCCn1ccc(CN[C@H](C)c2ccccc2Cl)c1. The Balaban J connectivity index is 1.92. The highest BCUT2D eigenvalue weighted by atomic mass is 35.5. The predicted octanol–water partition coefficient (Wildman–Crippen LogP) is 4.40. The molecule has 19 heavy (non-hydrogen) atoms.